The van der Waals surface area contributed by atoms with Crippen LogP contribution in [0.3, 0.4) is 0 Å². The van der Waals surface area contributed by atoms with E-state index in [1.165, 1.54) is 0 Å². The van der Waals surface area contributed by atoms with Gasteiger partial charge in [-0.25, -0.2) is 16.0 Å². The summed E-state index contributed by atoms with van der Waals surface area (Å²) < 4.78 is 0. The predicted octanol–water partition coefficient (Wildman–Crippen LogP) is -2.63. The molecule has 1 rings (SSSR count). The van der Waals surface area contributed by atoms with E-state index in [1.54, 1.807) is 0 Å². The molecule has 2 unspecified atom stereocenters. The molecule has 10 heavy (non-hydrogen) atoms. The average molecular weight is 148 g/mol. The van der Waals surface area contributed by atoms with Gasteiger partial charge in [0.15, 0.2) is 12.7 Å². The van der Waals surface area contributed by atoms with Crippen molar-refractivity contribution in [2.24, 2.45) is 5.18 Å². The van der Waals surface area contributed by atoms with Gasteiger partial charge in [0.2, 0.25) is 6.29 Å². The third-order valence-corrected chi connectivity index (χ3v) is 1.05. The summed E-state index contributed by atoms with van der Waals surface area (Å²) in [5.41, 5.74) is 0. The summed E-state index contributed by atoms with van der Waals surface area (Å²) >= 11 is 0. The summed E-state index contributed by atoms with van der Waals surface area (Å²) in [5.74, 6) is 0. The number of nitrogens with one attached hydrogen (secondary N) is 3. The Labute approximate surface area is 56.4 Å². The van der Waals surface area contributed by atoms with Crippen molar-refractivity contribution in [3.05, 3.63) is 4.91 Å². The van der Waals surface area contributed by atoms with Gasteiger partial charge in [-0.2, -0.15) is 0 Å². The van der Waals surface area contributed by atoms with E-state index in [-0.39, 0.29) is 0 Å². The second-order valence-corrected chi connectivity index (χ2v) is 1.81. The van der Waals surface area contributed by atoms with Crippen molar-refractivity contribution in [1.29, 1.82) is 0 Å². The van der Waals surface area contributed by atoms with Crippen LogP contribution in [0.15, 0.2) is 5.18 Å². The molecule has 7 heteroatoms. The molecular weight excluding hydrogens is 140 g/mol. The van der Waals surface area contributed by atoms with E-state index in [0.717, 1.165) is 0 Å². The number of hydrogen-bond acceptors (Lipinski definition) is 7. The average Bonchev–Trinajstić information content (AvgIpc) is 1.85. The van der Waals surface area contributed by atoms with Gasteiger partial charge in [0.25, 0.3) is 0 Å². The smallest absolute Gasteiger partial charge is 0.201 e. The van der Waals surface area contributed by atoms with E-state index < -0.39 is 19.0 Å². The van der Waals surface area contributed by atoms with Gasteiger partial charge in [-0.1, -0.05) is 0 Å². The molecule has 1 aliphatic rings. The zero-order valence-corrected chi connectivity index (χ0v) is 4.98. The zero-order chi connectivity index (χ0) is 7.56. The van der Waals surface area contributed by atoms with E-state index in [9.17, 15) is 4.91 Å². The highest BCUT2D eigenvalue weighted by molar-refractivity contribution is 4.69. The molecule has 0 aromatic heterocycles. The minimum atomic E-state index is -1.11. The third kappa shape index (κ3) is 1.69. The van der Waals surface area contributed by atoms with Crippen LogP contribution in [0.2, 0.25) is 0 Å². The predicted molar refractivity (Wildman–Crippen MR) is 31.0 cm³/mol. The van der Waals surface area contributed by atoms with Gasteiger partial charge in [0.05, 0.1) is 0 Å². The second kappa shape index (κ2) is 2.99. The Balaban J connectivity index is 2.42. The molecule has 1 saturated heterocycles. The molecule has 1 heterocycles. The number of nitrogens with zero attached hydrogens (tertiary/aromatic N) is 1. The quantitative estimate of drug-likeness (QED) is 0.260. The molecular formula is C3H8N4O3. The van der Waals surface area contributed by atoms with Crippen molar-refractivity contribution >= 4 is 0 Å². The summed E-state index contributed by atoms with van der Waals surface area (Å²) in [4.78, 5) is 9.83. The standard InChI is InChI=1S/C3H8N4O3/c8-2-4-1(7-10)5-3(9)6-2/h1-6,8-9H. The van der Waals surface area contributed by atoms with Gasteiger partial charge in [0.1, 0.15) is 0 Å². The molecule has 1 aliphatic heterocycles. The number of rotatable bonds is 1. The van der Waals surface area contributed by atoms with Crippen molar-refractivity contribution < 1.29 is 10.2 Å². The lowest BCUT2D eigenvalue weighted by Gasteiger charge is -2.29. The first kappa shape index (κ1) is 7.51. The fourth-order valence-corrected chi connectivity index (χ4v) is 0.654. The minimum Gasteiger partial charge on any atom is -0.365 e. The van der Waals surface area contributed by atoms with Crippen LogP contribution in [0, 0.1) is 4.91 Å². The molecule has 7 nitrogen and oxygen atoms in total. The summed E-state index contributed by atoms with van der Waals surface area (Å²) in [6, 6.07) is 0. The Morgan fingerprint density at radius 1 is 1.10 bits per heavy atom. The van der Waals surface area contributed by atoms with Crippen LogP contribution < -0.4 is 16.0 Å². The molecule has 58 valence electrons. The van der Waals surface area contributed by atoms with Crippen molar-refractivity contribution in [2.75, 3.05) is 0 Å². The molecule has 0 amide bonds. The maximum atomic E-state index is 9.83. The van der Waals surface area contributed by atoms with E-state index in [4.69, 9.17) is 10.2 Å². The van der Waals surface area contributed by atoms with Crippen LogP contribution in [0.5, 0.6) is 0 Å². The first-order valence-corrected chi connectivity index (χ1v) is 2.69. The second-order valence-electron chi connectivity index (χ2n) is 1.81. The Hall–Kier alpha value is -0.600. The minimum absolute atomic E-state index is 0.953. The molecule has 5 N–H and O–H groups in total. The van der Waals surface area contributed by atoms with Crippen LogP contribution in [-0.2, 0) is 0 Å². The van der Waals surface area contributed by atoms with Crippen LogP contribution in [0.25, 0.3) is 0 Å². The van der Waals surface area contributed by atoms with E-state index >= 15 is 0 Å². The van der Waals surface area contributed by atoms with Crippen LogP contribution in [-0.4, -0.2) is 29.2 Å². The Kier molecular flexibility index (Phi) is 2.25. The van der Waals surface area contributed by atoms with Crippen LogP contribution in [0.1, 0.15) is 0 Å². The molecule has 0 aliphatic carbocycles. The molecule has 2 atom stereocenters. The van der Waals surface area contributed by atoms with Crippen molar-refractivity contribution in [3.8, 4) is 0 Å². The van der Waals surface area contributed by atoms with Gasteiger partial charge in [-0.3, -0.25) is 0 Å². The Bertz CT molecular complexity index is 121. The van der Waals surface area contributed by atoms with Crippen molar-refractivity contribution in [2.45, 2.75) is 19.0 Å². The molecule has 0 spiro atoms. The van der Waals surface area contributed by atoms with Crippen LogP contribution in [0.4, 0.5) is 0 Å². The monoisotopic (exact) mass is 148 g/mol. The maximum Gasteiger partial charge on any atom is 0.201 e. The van der Waals surface area contributed by atoms with Crippen molar-refractivity contribution in [1.82, 2.24) is 16.0 Å². The maximum absolute atomic E-state index is 9.83. The summed E-state index contributed by atoms with van der Waals surface area (Å²) in [6.07, 6.45) is -3.18. The van der Waals surface area contributed by atoms with E-state index in [2.05, 4.69) is 21.1 Å². The highest BCUT2D eigenvalue weighted by Crippen LogP contribution is 1.89. The van der Waals surface area contributed by atoms with Gasteiger partial charge in [0, 0.05) is 0 Å². The van der Waals surface area contributed by atoms with E-state index in [1.807, 2.05) is 0 Å². The topological polar surface area (TPSA) is 106 Å². The SMILES string of the molecule is O=NC1NC(O)NC(O)N1. The largest absolute Gasteiger partial charge is 0.365 e. The third-order valence-electron chi connectivity index (χ3n) is 1.05. The normalized spacial score (nSPS) is 41.2. The van der Waals surface area contributed by atoms with Crippen molar-refractivity contribution in [3.63, 3.8) is 0 Å². The molecule has 1 fully saturated rings. The van der Waals surface area contributed by atoms with E-state index in [0.29, 0.717) is 0 Å². The molecule has 0 aromatic carbocycles. The Morgan fingerprint density at radius 3 is 2.00 bits per heavy atom. The lowest BCUT2D eigenvalue weighted by atomic mass is 10.6. The zero-order valence-electron chi connectivity index (χ0n) is 4.98. The van der Waals surface area contributed by atoms with Gasteiger partial charge in [-0.05, 0) is 5.18 Å². The highest BCUT2D eigenvalue weighted by Gasteiger charge is 2.23. The first-order valence-electron chi connectivity index (χ1n) is 2.69. The molecule has 0 bridgehead atoms. The number of aliphatic hydroxyl groups is 2. The van der Waals surface area contributed by atoms with Gasteiger partial charge < -0.3 is 10.2 Å². The number of nitroso groups, excluding NO2 is 1. The lowest BCUT2D eigenvalue weighted by Crippen LogP contribution is -2.66. The van der Waals surface area contributed by atoms with Gasteiger partial charge in [-0.15, -0.1) is 4.91 Å². The fourth-order valence-electron chi connectivity index (χ4n) is 0.654. The summed E-state index contributed by atoms with van der Waals surface area (Å²) in [5, 5.41) is 26.9. The fraction of sp³-hybridized carbons (Fsp3) is 1.00. The van der Waals surface area contributed by atoms with Crippen LogP contribution >= 0.6 is 0 Å². The highest BCUT2D eigenvalue weighted by atomic mass is 16.3. The molecule has 0 radical (unpaired) electrons. The Morgan fingerprint density at radius 2 is 1.60 bits per heavy atom. The number of hydrogen-bond donors (Lipinski definition) is 5. The first-order chi connectivity index (χ1) is 4.72. The molecule has 0 saturated carbocycles. The summed E-state index contributed by atoms with van der Waals surface area (Å²) in [7, 11) is 0. The van der Waals surface area contributed by atoms with Gasteiger partial charge >= 0.3 is 0 Å². The lowest BCUT2D eigenvalue weighted by molar-refractivity contribution is -0.0460. The number of aliphatic hydroxyl groups excluding tert-OH is 2. The molecule has 0 aromatic rings. The summed E-state index contributed by atoms with van der Waals surface area (Å²) in [6.45, 7) is 0.